The lowest BCUT2D eigenvalue weighted by Crippen LogP contribution is -2.54. The van der Waals surface area contributed by atoms with Gasteiger partial charge in [-0.2, -0.15) is 0 Å². The van der Waals surface area contributed by atoms with E-state index >= 15 is 0 Å². The van der Waals surface area contributed by atoms with Gasteiger partial charge in [0.05, 0.1) is 0 Å². The first-order valence-corrected chi connectivity index (χ1v) is 6.79. The fourth-order valence-corrected chi connectivity index (χ4v) is 2.40. The van der Waals surface area contributed by atoms with Crippen LogP contribution in [0, 0.1) is 13.8 Å². The van der Waals surface area contributed by atoms with Gasteiger partial charge in [0.25, 0.3) is 0 Å². The minimum absolute atomic E-state index is 0. The maximum absolute atomic E-state index is 6.14. The second kappa shape index (κ2) is 7.13. The second-order valence-corrected chi connectivity index (χ2v) is 5.46. The molecule has 0 aliphatic heterocycles. The van der Waals surface area contributed by atoms with Gasteiger partial charge in [0.15, 0.2) is 0 Å². The summed E-state index contributed by atoms with van der Waals surface area (Å²) in [6, 6.07) is 6.22. The Bertz CT molecular complexity index is 385. The molecule has 108 valence electrons. The molecule has 0 amide bonds. The Morgan fingerprint density at radius 3 is 2.42 bits per heavy atom. The highest BCUT2D eigenvalue weighted by Crippen LogP contribution is 2.28. The van der Waals surface area contributed by atoms with E-state index < -0.39 is 0 Å². The average Bonchev–Trinajstić information content (AvgIpc) is 2.30. The number of halogens is 1. The third-order valence-electron chi connectivity index (χ3n) is 3.76. The maximum Gasteiger partial charge on any atom is 0.125 e. The Balaban J connectivity index is 0.00000180. The van der Waals surface area contributed by atoms with Crippen molar-refractivity contribution in [2.45, 2.75) is 38.6 Å². The quantitative estimate of drug-likeness (QED) is 0.790. The number of rotatable bonds is 6. The number of aryl methyl sites for hydroxylation is 2. The number of hydrogen-bond donors (Lipinski definition) is 2. The van der Waals surface area contributed by atoms with E-state index in [-0.39, 0.29) is 17.9 Å². The summed E-state index contributed by atoms with van der Waals surface area (Å²) < 4.78 is 5.83. The molecule has 0 aromatic heterocycles. The third kappa shape index (κ3) is 4.37. The van der Waals surface area contributed by atoms with Crippen molar-refractivity contribution in [3.8, 4) is 5.75 Å². The summed E-state index contributed by atoms with van der Waals surface area (Å²) in [5.41, 5.74) is 8.59. The first-order valence-electron chi connectivity index (χ1n) is 6.79. The van der Waals surface area contributed by atoms with Crippen molar-refractivity contribution < 1.29 is 4.74 Å². The molecule has 0 unspecified atom stereocenters. The Hall–Kier alpha value is -0.770. The zero-order chi connectivity index (χ0) is 13.0. The van der Waals surface area contributed by atoms with Crippen LogP contribution in [0.4, 0.5) is 0 Å². The van der Waals surface area contributed by atoms with E-state index in [0.717, 1.165) is 31.7 Å². The van der Waals surface area contributed by atoms with Crippen LogP contribution in [0.15, 0.2) is 18.2 Å². The fourth-order valence-electron chi connectivity index (χ4n) is 2.40. The monoisotopic (exact) mass is 284 g/mol. The van der Waals surface area contributed by atoms with Crippen molar-refractivity contribution in [1.82, 2.24) is 5.32 Å². The normalized spacial score (nSPS) is 16.4. The van der Waals surface area contributed by atoms with Crippen LogP contribution >= 0.6 is 12.4 Å². The molecule has 1 aromatic carbocycles. The molecule has 4 heteroatoms. The van der Waals surface area contributed by atoms with Gasteiger partial charge in [-0.05, 0) is 44.2 Å². The molecule has 0 heterocycles. The molecular formula is C15H25ClN2O. The molecule has 2 rings (SSSR count). The summed E-state index contributed by atoms with van der Waals surface area (Å²) in [5, 5.41) is 3.39. The van der Waals surface area contributed by atoms with E-state index in [1.165, 1.54) is 17.5 Å². The van der Waals surface area contributed by atoms with Crippen LogP contribution in [0.3, 0.4) is 0 Å². The van der Waals surface area contributed by atoms with Crippen molar-refractivity contribution in [1.29, 1.82) is 0 Å². The van der Waals surface area contributed by atoms with Gasteiger partial charge in [-0.15, -0.1) is 12.4 Å². The van der Waals surface area contributed by atoms with Crippen molar-refractivity contribution in [3.63, 3.8) is 0 Å². The molecule has 19 heavy (non-hydrogen) atoms. The molecular weight excluding hydrogens is 260 g/mol. The summed E-state index contributed by atoms with van der Waals surface area (Å²) in [5.74, 6) is 1.02. The topological polar surface area (TPSA) is 47.3 Å². The van der Waals surface area contributed by atoms with E-state index in [4.69, 9.17) is 10.5 Å². The largest absolute Gasteiger partial charge is 0.492 e. The van der Waals surface area contributed by atoms with Crippen LogP contribution in [-0.2, 0) is 0 Å². The summed E-state index contributed by atoms with van der Waals surface area (Å²) in [7, 11) is 0. The Labute approximate surface area is 122 Å². The van der Waals surface area contributed by atoms with Gasteiger partial charge in [0, 0.05) is 18.6 Å². The van der Waals surface area contributed by atoms with E-state index in [1.54, 1.807) is 0 Å². The minimum atomic E-state index is 0. The van der Waals surface area contributed by atoms with Crippen LogP contribution in [0.25, 0.3) is 0 Å². The van der Waals surface area contributed by atoms with Gasteiger partial charge in [-0.3, -0.25) is 0 Å². The van der Waals surface area contributed by atoms with Crippen LogP contribution in [0.1, 0.15) is 30.4 Å². The summed E-state index contributed by atoms with van der Waals surface area (Å²) in [4.78, 5) is 0. The molecule has 1 aliphatic carbocycles. The molecule has 0 saturated heterocycles. The Kier molecular flexibility index (Phi) is 6.11. The van der Waals surface area contributed by atoms with Crippen molar-refractivity contribution in [2.75, 3.05) is 19.7 Å². The third-order valence-corrected chi connectivity index (χ3v) is 3.76. The highest BCUT2D eigenvalue weighted by molar-refractivity contribution is 5.85. The predicted molar refractivity (Wildman–Crippen MR) is 82.3 cm³/mol. The summed E-state index contributed by atoms with van der Waals surface area (Å²) >= 11 is 0. The van der Waals surface area contributed by atoms with E-state index in [1.807, 2.05) is 0 Å². The highest BCUT2D eigenvalue weighted by atomic mass is 35.5. The second-order valence-electron chi connectivity index (χ2n) is 5.46. The zero-order valence-electron chi connectivity index (χ0n) is 11.9. The molecule has 1 fully saturated rings. The van der Waals surface area contributed by atoms with Gasteiger partial charge in [-0.25, -0.2) is 0 Å². The average molecular weight is 285 g/mol. The lowest BCUT2D eigenvalue weighted by Gasteiger charge is -2.38. The number of nitrogens with one attached hydrogen (secondary N) is 1. The molecule has 1 aromatic rings. The van der Waals surface area contributed by atoms with E-state index in [9.17, 15) is 0 Å². The molecule has 0 radical (unpaired) electrons. The molecule has 0 spiro atoms. The molecule has 1 saturated carbocycles. The van der Waals surface area contributed by atoms with Crippen LogP contribution in [-0.4, -0.2) is 25.2 Å². The van der Waals surface area contributed by atoms with Gasteiger partial charge in [0.2, 0.25) is 0 Å². The number of ether oxygens (including phenoxy) is 1. The molecule has 3 N–H and O–H groups in total. The van der Waals surface area contributed by atoms with Gasteiger partial charge < -0.3 is 15.8 Å². The highest BCUT2D eigenvalue weighted by Gasteiger charge is 2.31. The zero-order valence-corrected chi connectivity index (χ0v) is 12.7. The Morgan fingerprint density at radius 1 is 1.26 bits per heavy atom. The van der Waals surface area contributed by atoms with E-state index in [0.29, 0.717) is 6.61 Å². The number of nitrogens with two attached hydrogens (primary N) is 1. The lowest BCUT2D eigenvalue weighted by molar-refractivity contribution is 0.230. The molecule has 0 atom stereocenters. The molecule has 0 bridgehead atoms. The summed E-state index contributed by atoms with van der Waals surface area (Å²) in [6.45, 7) is 6.62. The van der Waals surface area contributed by atoms with Crippen LogP contribution < -0.4 is 15.8 Å². The summed E-state index contributed by atoms with van der Waals surface area (Å²) in [6.07, 6.45) is 3.58. The fraction of sp³-hybridized carbons (Fsp3) is 0.600. The van der Waals surface area contributed by atoms with Gasteiger partial charge in [0.1, 0.15) is 12.4 Å². The Morgan fingerprint density at radius 2 is 1.89 bits per heavy atom. The predicted octanol–water partition coefficient (Wildman–Crippen LogP) is 2.58. The first kappa shape index (κ1) is 16.3. The number of hydrogen-bond acceptors (Lipinski definition) is 3. The first-order chi connectivity index (χ1) is 8.61. The molecule has 1 aliphatic rings. The smallest absolute Gasteiger partial charge is 0.125 e. The van der Waals surface area contributed by atoms with Gasteiger partial charge in [-0.1, -0.05) is 18.2 Å². The lowest BCUT2D eigenvalue weighted by atomic mass is 9.78. The minimum Gasteiger partial charge on any atom is -0.492 e. The van der Waals surface area contributed by atoms with Crippen molar-refractivity contribution >= 4 is 12.4 Å². The van der Waals surface area contributed by atoms with E-state index in [2.05, 4.69) is 37.4 Å². The van der Waals surface area contributed by atoms with Crippen molar-refractivity contribution in [3.05, 3.63) is 29.3 Å². The van der Waals surface area contributed by atoms with Crippen molar-refractivity contribution in [2.24, 2.45) is 5.73 Å². The number of benzene rings is 1. The van der Waals surface area contributed by atoms with Gasteiger partial charge >= 0.3 is 0 Å². The van der Waals surface area contributed by atoms with Crippen LogP contribution in [0.5, 0.6) is 5.75 Å². The standard InChI is InChI=1S/C15H24N2O.ClH/c1-12-5-3-6-13(2)14(12)18-10-9-17-11-15(16)7-4-8-15;/h3,5-6,17H,4,7-11,16H2,1-2H3;1H. The number of para-hydroxylation sites is 1. The molecule has 3 nitrogen and oxygen atoms in total. The SMILES string of the molecule is Cc1cccc(C)c1OCCNCC1(N)CCC1.Cl. The maximum atomic E-state index is 6.14. The van der Waals surface area contributed by atoms with Crippen LogP contribution in [0.2, 0.25) is 0 Å².